The Labute approximate surface area is 110 Å². The van der Waals surface area contributed by atoms with Crippen LogP contribution in [-0.2, 0) is 16.0 Å². The van der Waals surface area contributed by atoms with Crippen LogP contribution in [0.25, 0.3) is 10.9 Å². The second-order valence-corrected chi connectivity index (χ2v) is 4.88. The van der Waals surface area contributed by atoms with E-state index in [0.29, 0.717) is 5.39 Å². The molecule has 0 saturated carbocycles. The number of carbonyl (C=O) groups is 1. The summed E-state index contributed by atoms with van der Waals surface area (Å²) in [6.45, 7) is 1.40. The van der Waals surface area contributed by atoms with Crippen molar-refractivity contribution in [1.29, 1.82) is 0 Å². The smallest absolute Gasteiger partial charge is 0.303 e. The number of hydrogen-bond acceptors (Lipinski definition) is 3. The third-order valence-corrected chi connectivity index (χ3v) is 3.56. The molecule has 0 amide bonds. The molecule has 1 aromatic heterocycles. The summed E-state index contributed by atoms with van der Waals surface area (Å²) < 4.78 is 5.31. The van der Waals surface area contributed by atoms with Crippen molar-refractivity contribution in [3.05, 3.63) is 45.7 Å². The minimum atomic E-state index is -0.321. The quantitative estimate of drug-likeness (QED) is 0.798. The van der Waals surface area contributed by atoms with Gasteiger partial charge in [-0.2, -0.15) is 0 Å². The lowest BCUT2D eigenvalue weighted by Crippen LogP contribution is -2.23. The largest absolute Gasteiger partial charge is 0.456 e. The zero-order chi connectivity index (χ0) is 13.4. The minimum absolute atomic E-state index is 0.0567. The molecule has 0 radical (unpaired) electrons. The number of rotatable bonds is 1. The Kier molecular flexibility index (Phi) is 2.85. The van der Waals surface area contributed by atoms with Crippen molar-refractivity contribution in [2.24, 2.45) is 0 Å². The zero-order valence-corrected chi connectivity index (χ0v) is 10.7. The molecule has 1 atom stereocenters. The molecular formula is C15H15NO3. The van der Waals surface area contributed by atoms with Crippen LogP contribution in [0.4, 0.5) is 0 Å². The zero-order valence-electron chi connectivity index (χ0n) is 10.7. The van der Waals surface area contributed by atoms with Gasteiger partial charge in [0.05, 0.1) is 5.69 Å². The van der Waals surface area contributed by atoms with Gasteiger partial charge in [-0.05, 0) is 31.4 Å². The number of aromatic amines is 1. The average molecular weight is 257 g/mol. The van der Waals surface area contributed by atoms with Crippen LogP contribution in [0.5, 0.6) is 0 Å². The summed E-state index contributed by atoms with van der Waals surface area (Å²) in [7, 11) is 0. The van der Waals surface area contributed by atoms with Crippen molar-refractivity contribution in [3.8, 4) is 0 Å². The van der Waals surface area contributed by atoms with Gasteiger partial charge < -0.3 is 9.72 Å². The fourth-order valence-corrected chi connectivity index (χ4v) is 2.75. The van der Waals surface area contributed by atoms with Crippen molar-refractivity contribution in [1.82, 2.24) is 4.98 Å². The van der Waals surface area contributed by atoms with Crippen molar-refractivity contribution in [2.75, 3.05) is 0 Å². The first-order chi connectivity index (χ1) is 9.16. The van der Waals surface area contributed by atoms with Crippen molar-refractivity contribution < 1.29 is 9.53 Å². The molecule has 0 fully saturated rings. The highest BCUT2D eigenvalue weighted by atomic mass is 16.5. The van der Waals surface area contributed by atoms with Crippen LogP contribution in [0.15, 0.2) is 29.1 Å². The predicted molar refractivity (Wildman–Crippen MR) is 72.0 cm³/mol. The second kappa shape index (κ2) is 4.53. The normalized spacial score (nSPS) is 18.1. The fraction of sp³-hybridized carbons (Fsp3) is 0.333. The highest BCUT2D eigenvalue weighted by molar-refractivity contribution is 5.79. The molecule has 1 heterocycles. The summed E-state index contributed by atoms with van der Waals surface area (Å²) in [5.41, 5.74) is 2.38. The first kappa shape index (κ1) is 12.0. The molecule has 0 saturated heterocycles. The minimum Gasteiger partial charge on any atom is -0.456 e. The number of benzene rings is 1. The summed E-state index contributed by atoms with van der Waals surface area (Å²) in [5, 5.41) is 0.699. The van der Waals surface area contributed by atoms with Gasteiger partial charge in [-0.15, -0.1) is 0 Å². The molecule has 19 heavy (non-hydrogen) atoms. The summed E-state index contributed by atoms with van der Waals surface area (Å²) in [6.07, 6.45) is 2.05. The van der Waals surface area contributed by atoms with Gasteiger partial charge in [0.15, 0.2) is 5.43 Å². The predicted octanol–water partition coefficient (Wildman–Crippen LogP) is 2.47. The Morgan fingerprint density at radius 1 is 1.37 bits per heavy atom. The van der Waals surface area contributed by atoms with E-state index < -0.39 is 0 Å². The number of fused-ring (bicyclic) bond motifs is 2. The molecule has 1 aromatic carbocycles. The Morgan fingerprint density at radius 3 is 2.95 bits per heavy atom. The first-order valence-corrected chi connectivity index (χ1v) is 6.48. The molecule has 4 heteroatoms. The molecule has 1 unspecified atom stereocenters. The number of aromatic nitrogens is 1. The second-order valence-electron chi connectivity index (χ2n) is 4.88. The third-order valence-electron chi connectivity index (χ3n) is 3.56. The molecule has 1 N–H and O–H groups in total. The molecule has 0 bridgehead atoms. The van der Waals surface area contributed by atoms with Crippen LogP contribution in [-0.4, -0.2) is 11.0 Å². The molecule has 4 nitrogen and oxygen atoms in total. The molecule has 1 aliphatic carbocycles. The van der Waals surface area contributed by atoms with Crippen molar-refractivity contribution in [3.63, 3.8) is 0 Å². The Hall–Kier alpha value is -2.10. The first-order valence-electron chi connectivity index (χ1n) is 6.48. The van der Waals surface area contributed by atoms with Crippen LogP contribution in [0.2, 0.25) is 0 Å². The molecule has 0 aliphatic heterocycles. The lowest BCUT2D eigenvalue weighted by atomic mass is 9.92. The number of carbonyl (C=O) groups excluding carboxylic acids is 1. The number of esters is 1. The van der Waals surface area contributed by atoms with Crippen molar-refractivity contribution in [2.45, 2.75) is 32.3 Å². The lowest BCUT2D eigenvalue weighted by molar-refractivity contribution is -0.147. The number of ether oxygens (including phenoxy) is 1. The maximum Gasteiger partial charge on any atom is 0.303 e. The summed E-state index contributed by atoms with van der Waals surface area (Å²) in [4.78, 5) is 26.9. The van der Waals surface area contributed by atoms with Gasteiger partial charge >= 0.3 is 5.97 Å². The monoisotopic (exact) mass is 257 g/mol. The highest BCUT2D eigenvalue weighted by Crippen LogP contribution is 2.30. The van der Waals surface area contributed by atoms with Crippen LogP contribution in [0, 0.1) is 0 Å². The van der Waals surface area contributed by atoms with E-state index in [1.807, 2.05) is 24.3 Å². The maximum atomic E-state index is 12.4. The van der Waals surface area contributed by atoms with Crippen LogP contribution in [0.1, 0.15) is 37.1 Å². The lowest BCUT2D eigenvalue weighted by Gasteiger charge is -2.24. The van der Waals surface area contributed by atoms with Gasteiger partial charge in [0.2, 0.25) is 0 Å². The molecular weight excluding hydrogens is 242 g/mol. The fourth-order valence-electron chi connectivity index (χ4n) is 2.75. The Balaban J connectivity index is 2.21. The van der Waals surface area contributed by atoms with Crippen molar-refractivity contribution >= 4 is 16.9 Å². The van der Waals surface area contributed by atoms with E-state index in [0.717, 1.165) is 36.0 Å². The molecule has 1 aliphatic rings. The van der Waals surface area contributed by atoms with Gasteiger partial charge in [-0.3, -0.25) is 9.59 Å². The summed E-state index contributed by atoms with van der Waals surface area (Å²) in [6, 6.07) is 7.44. The summed E-state index contributed by atoms with van der Waals surface area (Å²) >= 11 is 0. The van der Waals surface area contributed by atoms with Crippen LogP contribution >= 0.6 is 0 Å². The third kappa shape index (κ3) is 2.03. The molecule has 0 spiro atoms. The number of nitrogens with one attached hydrogen (secondary N) is 1. The highest BCUT2D eigenvalue weighted by Gasteiger charge is 2.26. The van der Waals surface area contributed by atoms with E-state index in [4.69, 9.17) is 4.74 Å². The number of hydrogen-bond donors (Lipinski definition) is 1. The Morgan fingerprint density at radius 2 is 2.16 bits per heavy atom. The van der Waals surface area contributed by atoms with E-state index in [1.54, 1.807) is 0 Å². The van der Waals surface area contributed by atoms with E-state index in [-0.39, 0.29) is 17.5 Å². The topological polar surface area (TPSA) is 59.2 Å². The van der Waals surface area contributed by atoms with Gasteiger partial charge in [0.1, 0.15) is 6.10 Å². The van der Waals surface area contributed by atoms with E-state index >= 15 is 0 Å². The van der Waals surface area contributed by atoms with E-state index in [2.05, 4.69) is 4.98 Å². The number of para-hydroxylation sites is 1. The Bertz CT molecular complexity index is 702. The number of H-pyrrole nitrogens is 1. The van der Waals surface area contributed by atoms with E-state index in [1.165, 1.54) is 6.92 Å². The van der Waals surface area contributed by atoms with Crippen LogP contribution < -0.4 is 5.43 Å². The maximum absolute atomic E-state index is 12.4. The average Bonchev–Trinajstić information content (AvgIpc) is 2.40. The molecule has 98 valence electrons. The number of pyridine rings is 1. The van der Waals surface area contributed by atoms with Gasteiger partial charge in [-0.25, -0.2) is 0 Å². The van der Waals surface area contributed by atoms with Crippen LogP contribution in [0.3, 0.4) is 0 Å². The summed E-state index contributed by atoms with van der Waals surface area (Å²) in [5.74, 6) is -0.313. The van der Waals surface area contributed by atoms with E-state index in [9.17, 15) is 9.59 Å². The van der Waals surface area contributed by atoms with Gasteiger partial charge in [-0.1, -0.05) is 12.1 Å². The van der Waals surface area contributed by atoms with Gasteiger partial charge in [0, 0.05) is 23.4 Å². The molecule has 2 aromatic rings. The standard InChI is InChI=1S/C15H15NO3/c1-9(17)19-13-8-4-6-11-14(13)16-12-7-3-2-5-10(12)15(11)18/h2-3,5,7,13H,4,6,8H2,1H3,(H,16,18). The SMILES string of the molecule is CC(=O)OC1CCCc2c1[nH]c1ccccc1c2=O. The molecule has 3 rings (SSSR count). The van der Waals surface area contributed by atoms with Gasteiger partial charge in [0.25, 0.3) is 0 Å².